The molecule has 0 radical (unpaired) electrons. The number of hydrogen-bond acceptors (Lipinski definition) is 1. The van der Waals surface area contributed by atoms with Gasteiger partial charge in [0.2, 0.25) is 0 Å². The summed E-state index contributed by atoms with van der Waals surface area (Å²) < 4.78 is 0. The zero-order valence-corrected chi connectivity index (χ0v) is 11.2. The van der Waals surface area contributed by atoms with Crippen molar-refractivity contribution in [2.24, 2.45) is 16.8 Å². The predicted molar refractivity (Wildman–Crippen MR) is 70.8 cm³/mol. The number of nitrogens with one attached hydrogen (secondary N) is 2. The van der Waals surface area contributed by atoms with Crippen molar-refractivity contribution in [3.63, 3.8) is 0 Å². The standard InChI is InChI=1S/C13H27N3/c1-10(2)16-13(14-4)15-9-12-7-5-11(3)6-8-12/h10-12H,5-9H2,1-4H3,(H2,14,15,16). The zero-order chi connectivity index (χ0) is 12.0. The maximum atomic E-state index is 4.22. The van der Waals surface area contributed by atoms with Crippen LogP contribution in [0.5, 0.6) is 0 Å². The second-order valence-corrected chi connectivity index (χ2v) is 5.38. The highest BCUT2D eigenvalue weighted by molar-refractivity contribution is 5.79. The van der Waals surface area contributed by atoms with E-state index in [1.807, 2.05) is 7.05 Å². The molecule has 3 nitrogen and oxygen atoms in total. The zero-order valence-electron chi connectivity index (χ0n) is 11.2. The first-order valence-corrected chi connectivity index (χ1v) is 6.59. The Morgan fingerprint density at radius 3 is 2.38 bits per heavy atom. The van der Waals surface area contributed by atoms with Crippen molar-refractivity contribution in [2.75, 3.05) is 13.6 Å². The Labute approximate surface area is 100 Å². The van der Waals surface area contributed by atoms with Gasteiger partial charge in [0, 0.05) is 19.6 Å². The average molecular weight is 225 g/mol. The van der Waals surface area contributed by atoms with Gasteiger partial charge in [-0.3, -0.25) is 4.99 Å². The summed E-state index contributed by atoms with van der Waals surface area (Å²) in [5.74, 6) is 2.71. The van der Waals surface area contributed by atoms with Crippen LogP contribution >= 0.6 is 0 Å². The van der Waals surface area contributed by atoms with E-state index in [0.717, 1.165) is 24.3 Å². The van der Waals surface area contributed by atoms with Crippen LogP contribution in [-0.2, 0) is 0 Å². The van der Waals surface area contributed by atoms with Crippen LogP contribution in [0.4, 0.5) is 0 Å². The van der Waals surface area contributed by atoms with Crippen molar-refractivity contribution < 1.29 is 0 Å². The Bertz CT molecular complexity index is 215. The van der Waals surface area contributed by atoms with Gasteiger partial charge in [0.05, 0.1) is 0 Å². The Hall–Kier alpha value is -0.730. The molecule has 3 heteroatoms. The SMILES string of the molecule is CN=C(NCC1CCC(C)CC1)NC(C)C. The van der Waals surface area contributed by atoms with Crippen LogP contribution in [0.15, 0.2) is 4.99 Å². The highest BCUT2D eigenvalue weighted by Gasteiger charge is 2.18. The quantitative estimate of drug-likeness (QED) is 0.571. The molecule has 0 saturated heterocycles. The van der Waals surface area contributed by atoms with Crippen LogP contribution in [0.3, 0.4) is 0 Å². The van der Waals surface area contributed by atoms with Gasteiger partial charge in [0.15, 0.2) is 5.96 Å². The van der Waals surface area contributed by atoms with Gasteiger partial charge in [-0.15, -0.1) is 0 Å². The van der Waals surface area contributed by atoms with Gasteiger partial charge in [-0.05, 0) is 38.5 Å². The van der Waals surface area contributed by atoms with E-state index in [4.69, 9.17) is 0 Å². The second-order valence-electron chi connectivity index (χ2n) is 5.38. The van der Waals surface area contributed by atoms with E-state index in [9.17, 15) is 0 Å². The van der Waals surface area contributed by atoms with E-state index >= 15 is 0 Å². The van der Waals surface area contributed by atoms with Crippen molar-refractivity contribution in [1.29, 1.82) is 0 Å². The monoisotopic (exact) mass is 225 g/mol. The predicted octanol–water partition coefficient (Wildman–Crippen LogP) is 2.39. The van der Waals surface area contributed by atoms with Gasteiger partial charge in [0.1, 0.15) is 0 Å². The molecule has 1 aliphatic rings. The lowest BCUT2D eigenvalue weighted by atomic mass is 9.83. The molecule has 0 spiro atoms. The normalized spacial score (nSPS) is 26.9. The molecule has 1 aliphatic carbocycles. The molecular formula is C13H27N3. The topological polar surface area (TPSA) is 36.4 Å². The second kappa shape index (κ2) is 6.77. The first-order chi connectivity index (χ1) is 7.61. The lowest BCUT2D eigenvalue weighted by Gasteiger charge is -2.27. The van der Waals surface area contributed by atoms with Crippen molar-refractivity contribution in [3.8, 4) is 0 Å². The lowest BCUT2D eigenvalue weighted by molar-refractivity contribution is 0.289. The molecule has 0 aromatic carbocycles. The Balaban J connectivity index is 2.22. The fourth-order valence-corrected chi connectivity index (χ4v) is 2.24. The summed E-state index contributed by atoms with van der Waals surface area (Å²) in [5, 5.41) is 6.74. The summed E-state index contributed by atoms with van der Waals surface area (Å²) in [6, 6.07) is 0.442. The van der Waals surface area contributed by atoms with E-state index in [1.54, 1.807) is 0 Å². The number of rotatable bonds is 3. The molecule has 1 rings (SSSR count). The lowest BCUT2D eigenvalue weighted by Crippen LogP contribution is -2.43. The highest BCUT2D eigenvalue weighted by Crippen LogP contribution is 2.27. The summed E-state index contributed by atoms with van der Waals surface area (Å²) in [5.41, 5.74) is 0. The van der Waals surface area contributed by atoms with Crippen molar-refractivity contribution >= 4 is 5.96 Å². The maximum Gasteiger partial charge on any atom is 0.191 e. The summed E-state index contributed by atoms with van der Waals surface area (Å²) in [6.07, 6.45) is 5.52. The molecule has 1 fully saturated rings. The largest absolute Gasteiger partial charge is 0.356 e. The third-order valence-corrected chi connectivity index (χ3v) is 3.34. The summed E-state index contributed by atoms with van der Waals surface area (Å²) in [6.45, 7) is 7.70. The van der Waals surface area contributed by atoms with Crippen LogP contribution in [-0.4, -0.2) is 25.6 Å². The van der Waals surface area contributed by atoms with Crippen molar-refractivity contribution in [1.82, 2.24) is 10.6 Å². The van der Waals surface area contributed by atoms with Gasteiger partial charge in [0.25, 0.3) is 0 Å². The van der Waals surface area contributed by atoms with Crippen LogP contribution in [0.25, 0.3) is 0 Å². The van der Waals surface area contributed by atoms with Gasteiger partial charge < -0.3 is 10.6 Å². The number of hydrogen-bond donors (Lipinski definition) is 2. The molecule has 0 heterocycles. The summed E-state index contributed by atoms with van der Waals surface area (Å²) >= 11 is 0. The first kappa shape index (κ1) is 13.3. The Morgan fingerprint density at radius 1 is 1.25 bits per heavy atom. The van der Waals surface area contributed by atoms with E-state index in [1.165, 1.54) is 25.7 Å². The van der Waals surface area contributed by atoms with Crippen molar-refractivity contribution in [3.05, 3.63) is 0 Å². The molecule has 2 N–H and O–H groups in total. The number of guanidine groups is 1. The van der Waals surface area contributed by atoms with Crippen LogP contribution < -0.4 is 10.6 Å². The number of aliphatic imine (C=N–C) groups is 1. The van der Waals surface area contributed by atoms with E-state index in [0.29, 0.717) is 6.04 Å². The molecule has 0 atom stereocenters. The highest BCUT2D eigenvalue weighted by atomic mass is 15.2. The van der Waals surface area contributed by atoms with Crippen LogP contribution in [0.1, 0.15) is 46.5 Å². The average Bonchev–Trinajstić information content (AvgIpc) is 2.26. The van der Waals surface area contributed by atoms with Crippen LogP contribution in [0.2, 0.25) is 0 Å². The molecule has 0 amide bonds. The maximum absolute atomic E-state index is 4.22. The fraction of sp³-hybridized carbons (Fsp3) is 0.923. The number of nitrogens with zero attached hydrogens (tertiary/aromatic N) is 1. The van der Waals surface area contributed by atoms with Gasteiger partial charge >= 0.3 is 0 Å². The van der Waals surface area contributed by atoms with Crippen molar-refractivity contribution in [2.45, 2.75) is 52.5 Å². The minimum absolute atomic E-state index is 0.442. The molecule has 0 unspecified atom stereocenters. The fourth-order valence-electron chi connectivity index (χ4n) is 2.24. The molecule has 0 aromatic heterocycles. The first-order valence-electron chi connectivity index (χ1n) is 6.59. The minimum Gasteiger partial charge on any atom is -0.356 e. The molecule has 94 valence electrons. The third kappa shape index (κ3) is 4.86. The van der Waals surface area contributed by atoms with Gasteiger partial charge in [-0.2, -0.15) is 0 Å². The molecule has 16 heavy (non-hydrogen) atoms. The summed E-state index contributed by atoms with van der Waals surface area (Å²) in [7, 11) is 1.83. The van der Waals surface area contributed by atoms with Gasteiger partial charge in [-0.1, -0.05) is 19.8 Å². The Kier molecular flexibility index (Phi) is 5.64. The molecule has 0 aliphatic heterocycles. The van der Waals surface area contributed by atoms with E-state index in [-0.39, 0.29) is 0 Å². The molecule has 1 saturated carbocycles. The third-order valence-electron chi connectivity index (χ3n) is 3.34. The van der Waals surface area contributed by atoms with Gasteiger partial charge in [-0.25, -0.2) is 0 Å². The summed E-state index contributed by atoms with van der Waals surface area (Å²) in [4.78, 5) is 4.22. The smallest absolute Gasteiger partial charge is 0.191 e. The van der Waals surface area contributed by atoms with E-state index < -0.39 is 0 Å². The van der Waals surface area contributed by atoms with Crippen LogP contribution in [0, 0.1) is 11.8 Å². The molecular weight excluding hydrogens is 198 g/mol. The minimum atomic E-state index is 0.442. The molecule has 0 aromatic rings. The molecule has 0 bridgehead atoms. The van der Waals surface area contributed by atoms with E-state index in [2.05, 4.69) is 36.4 Å². The Morgan fingerprint density at radius 2 is 1.88 bits per heavy atom.